The van der Waals surface area contributed by atoms with Crippen molar-refractivity contribution in [2.24, 2.45) is 46.4 Å². The number of halogens is 1. The van der Waals surface area contributed by atoms with Gasteiger partial charge < -0.3 is 36.3 Å². The molecule has 3 aliphatic rings. The van der Waals surface area contributed by atoms with Gasteiger partial charge in [-0.1, -0.05) is 46.0 Å². The Labute approximate surface area is 282 Å². The Balaban J connectivity index is 1.38. The Bertz CT molecular complexity index is 1280. The van der Waals surface area contributed by atoms with Crippen molar-refractivity contribution in [1.82, 2.24) is 15.6 Å². The van der Waals surface area contributed by atoms with Crippen LogP contribution in [0.4, 0.5) is 14.9 Å². The van der Waals surface area contributed by atoms with Gasteiger partial charge in [-0.3, -0.25) is 14.4 Å². The van der Waals surface area contributed by atoms with Crippen LogP contribution in [0.5, 0.6) is 0 Å². The summed E-state index contributed by atoms with van der Waals surface area (Å²) in [6.07, 6.45) is 6.52. The molecule has 1 aliphatic heterocycles. The molecule has 266 valence electrons. The number of likely N-dealkylation sites (tertiary alicyclic amines) is 1. The van der Waals surface area contributed by atoms with Crippen molar-refractivity contribution in [3.05, 3.63) is 29.8 Å². The van der Waals surface area contributed by atoms with Gasteiger partial charge in [-0.25, -0.2) is 15.0 Å². The third-order valence-electron chi connectivity index (χ3n) is 10.1. The van der Waals surface area contributed by atoms with Crippen molar-refractivity contribution < 1.29 is 33.0 Å². The van der Waals surface area contributed by atoms with Crippen LogP contribution in [-0.2, 0) is 23.9 Å². The van der Waals surface area contributed by atoms with Crippen molar-refractivity contribution in [1.29, 1.82) is 0 Å². The first-order valence-electron chi connectivity index (χ1n) is 17.3. The number of hydrogen-bond acceptors (Lipinski definition) is 9. The van der Waals surface area contributed by atoms with E-state index in [1.807, 2.05) is 0 Å². The number of hydrogen-bond donors (Lipinski definition) is 5. The van der Waals surface area contributed by atoms with Gasteiger partial charge in [0, 0.05) is 30.6 Å². The van der Waals surface area contributed by atoms with Gasteiger partial charge in [-0.15, -0.1) is 0 Å². The topological polar surface area (TPSA) is 190 Å². The number of carbonyl (C=O) groups excluding carboxylic acids is 4. The van der Waals surface area contributed by atoms with Gasteiger partial charge in [0.25, 0.3) is 0 Å². The highest BCUT2D eigenvalue weighted by Gasteiger charge is 2.47. The summed E-state index contributed by atoms with van der Waals surface area (Å²) in [7, 11) is 0. The Hall–Kier alpha value is -3.94. The van der Waals surface area contributed by atoms with Crippen molar-refractivity contribution >= 4 is 35.4 Å². The lowest BCUT2D eigenvalue weighted by Crippen LogP contribution is -2.50. The summed E-state index contributed by atoms with van der Waals surface area (Å²) in [4.78, 5) is 54.0. The summed E-state index contributed by atoms with van der Waals surface area (Å²) in [5, 5.41) is 9.23. The van der Waals surface area contributed by atoms with Gasteiger partial charge in [-0.2, -0.15) is 5.10 Å². The monoisotopic (exact) mass is 673 g/mol. The Morgan fingerprint density at radius 3 is 2.21 bits per heavy atom. The molecule has 1 saturated heterocycles. The third-order valence-corrected chi connectivity index (χ3v) is 10.1. The van der Waals surface area contributed by atoms with Crippen molar-refractivity contribution in [3.63, 3.8) is 0 Å². The van der Waals surface area contributed by atoms with Gasteiger partial charge in [0.2, 0.25) is 18.1 Å². The van der Waals surface area contributed by atoms with Crippen molar-refractivity contribution in [2.45, 2.75) is 103 Å². The molecular formula is C34H52FN7O6. The zero-order chi connectivity index (χ0) is 34.8. The molecule has 1 heterocycles. The van der Waals surface area contributed by atoms with E-state index < -0.39 is 37.1 Å². The quantitative estimate of drug-likeness (QED) is 0.0579. The predicted molar refractivity (Wildman–Crippen MR) is 179 cm³/mol. The van der Waals surface area contributed by atoms with E-state index in [1.165, 1.54) is 13.3 Å². The van der Waals surface area contributed by atoms with E-state index in [1.54, 1.807) is 43.0 Å². The average Bonchev–Trinajstić information content (AvgIpc) is 3.54. The number of alkyl carbamates (subject to hydrolysis) is 1. The number of nitrogens with two attached hydrogens (primary N) is 2. The lowest BCUT2D eigenvalue weighted by Gasteiger charge is -2.37. The molecule has 0 bridgehead atoms. The molecule has 1 aromatic carbocycles. The highest BCUT2D eigenvalue weighted by molar-refractivity contribution is 6.00. The van der Waals surface area contributed by atoms with Crippen molar-refractivity contribution in [2.75, 3.05) is 18.5 Å². The molecule has 3 fully saturated rings. The second-order valence-electron chi connectivity index (χ2n) is 13.6. The van der Waals surface area contributed by atoms with Crippen LogP contribution in [0.3, 0.4) is 0 Å². The fourth-order valence-electron chi connectivity index (χ4n) is 7.52. The minimum Gasteiger partial charge on any atom is -0.425 e. The summed E-state index contributed by atoms with van der Waals surface area (Å²) in [5.74, 6) is 10.0. The Morgan fingerprint density at radius 2 is 1.62 bits per heavy atom. The van der Waals surface area contributed by atoms with E-state index in [4.69, 9.17) is 21.2 Å². The average molecular weight is 674 g/mol. The van der Waals surface area contributed by atoms with E-state index in [2.05, 4.69) is 21.2 Å². The van der Waals surface area contributed by atoms with Crippen LogP contribution < -0.4 is 27.7 Å². The number of carbonyl (C=O) groups is 4. The molecule has 0 radical (unpaired) electrons. The van der Waals surface area contributed by atoms with Crippen LogP contribution >= 0.6 is 0 Å². The molecule has 1 aromatic rings. The summed E-state index contributed by atoms with van der Waals surface area (Å²) in [5.41, 5.74) is 3.69. The number of alkyl halides is 1. The number of hydrazine groups is 1. The van der Waals surface area contributed by atoms with E-state index in [-0.39, 0.29) is 35.5 Å². The molecule has 4 rings (SSSR count). The fourth-order valence-corrected chi connectivity index (χ4v) is 7.52. The first kappa shape index (κ1) is 36.9. The lowest BCUT2D eigenvalue weighted by atomic mass is 9.76. The van der Waals surface area contributed by atoms with E-state index >= 15 is 0 Å². The van der Waals surface area contributed by atoms with Crippen LogP contribution in [0.15, 0.2) is 29.4 Å². The molecule has 13 nitrogen and oxygen atoms in total. The van der Waals surface area contributed by atoms with Gasteiger partial charge in [-0.05, 0) is 74.1 Å². The number of ether oxygens (including phenoxy) is 2. The van der Waals surface area contributed by atoms with Crippen LogP contribution in [-0.4, -0.2) is 66.2 Å². The minimum absolute atomic E-state index is 0.0370. The predicted octanol–water partition coefficient (Wildman–Crippen LogP) is 3.92. The second kappa shape index (κ2) is 17.5. The van der Waals surface area contributed by atoms with Crippen LogP contribution in [0.2, 0.25) is 0 Å². The van der Waals surface area contributed by atoms with Gasteiger partial charge in [0.1, 0.15) is 12.7 Å². The largest absolute Gasteiger partial charge is 0.425 e. The molecule has 4 atom stereocenters. The second-order valence-corrected chi connectivity index (χ2v) is 13.6. The third kappa shape index (κ3) is 9.36. The highest BCUT2D eigenvalue weighted by Crippen LogP contribution is 2.41. The Morgan fingerprint density at radius 1 is 0.958 bits per heavy atom. The molecule has 7 N–H and O–H groups in total. The van der Waals surface area contributed by atoms with Gasteiger partial charge in [0.15, 0.2) is 5.84 Å². The number of esters is 1. The Kier molecular flexibility index (Phi) is 13.4. The van der Waals surface area contributed by atoms with E-state index in [9.17, 15) is 23.6 Å². The normalized spacial score (nSPS) is 24.8. The lowest BCUT2D eigenvalue weighted by molar-refractivity contribution is -0.168. The number of nitrogens with one attached hydrogen (secondary N) is 3. The number of anilines is 1. The number of nitrogens with zero attached hydrogens (tertiary/aromatic N) is 2. The minimum atomic E-state index is -1.11. The first-order valence-corrected chi connectivity index (χ1v) is 17.3. The summed E-state index contributed by atoms with van der Waals surface area (Å²) < 4.78 is 24.3. The maximum absolute atomic E-state index is 14.1. The summed E-state index contributed by atoms with van der Waals surface area (Å²) in [6.45, 7) is 4.49. The number of amidine groups is 1. The van der Waals surface area contributed by atoms with Crippen LogP contribution in [0.25, 0.3) is 0 Å². The molecule has 0 aromatic heterocycles. The van der Waals surface area contributed by atoms with Crippen LogP contribution in [0, 0.1) is 29.6 Å². The maximum Gasteiger partial charge on any atom is 0.410 e. The molecule has 2 aliphatic carbocycles. The summed E-state index contributed by atoms with van der Waals surface area (Å²) in [6, 6.07) is 5.62. The fraction of sp³-hybridized carbons (Fsp3) is 0.676. The summed E-state index contributed by atoms with van der Waals surface area (Å²) >= 11 is 0. The molecule has 3 amide bonds. The molecule has 14 heteroatoms. The standard InChI is InChI=1S/C34H52FN7O6/c1-20(2)33(45)47-21(3)48-34(46)39-28(19-35)23-9-11-25(12-10-23)32(44)42-18-17-27(22-7-5-4-6-8-22)29(42)31(43)38-26-15-13-24(14-16-26)30(40-36)41-37/h13-16,20-23,25,27-29H,4-12,17-19,36-37H2,1-3H3,(H,38,43)(H,39,46)(H,40,41)/t21-,23?,25?,27+,28-,29+/m1/s1. The molecule has 0 spiro atoms. The number of rotatable bonds is 11. The van der Waals surface area contributed by atoms with E-state index in [0.29, 0.717) is 55.2 Å². The zero-order valence-electron chi connectivity index (χ0n) is 28.3. The highest BCUT2D eigenvalue weighted by atomic mass is 19.1. The molecule has 48 heavy (non-hydrogen) atoms. The number of hydrazone groups is 1. The van der Waals surface area contributed by atoms with Crippen molar-refractivity contribution in [3.8, 4) is 0 Å². The van der Waals surface area contributed by atoms with E-state index in [0.717, 1.165) is 32.1 Å². The molecule has 2 saturated carbocycles. The van der Waals surface area contributed by atoms with Gasteiger partial charge >= 0.3 is 12.1 Å². The number of benzene rings is 1. The first-order chi connectivity index (χ1) is 23.1. The number of amides is 3. The smallest absolute Gasteiger partial charge is 0.410 e. The SMILES string of the molecule is CC(C)C(=O)O[C@@H](C)OC(=O)N[C@H](CF)C1CCC(C(=O)N2CC[C@@H](C3CCCCC3)[C@H]2C(=O)Nc2ccc(/C(=N/N)NN)cc2)CC1. The van der Waals surface area contributed by atoms with Crippen LogP contribution in [0.1, 0.15) is 90.5 Å². The maximum atomic E-state index is 14.1. The zero-order valence-corrected chi connectivity index (χ0v) is 28.3. The molecule has 0 unspecified atom stereocenters. The molecular weight excluding hydrogens is 621 g/mol. The van der Waals surface area contributed by atoms with Gasteiger partial charge in [0.05, 0.1) is 12.0 Å².